The van der Waals surface area contributed by atoms with Gasteiger partial charge in [-0.15, -0.1) is 11.6 Å². The van der Waals surface area contributed by atoms with E-state index in [9.17, 15) is 22.4 Å². The first-order valence-corrected chi connectivity index (χ1v) is 6.74. The molecule has 0 fully saturated rings. The molecule has 0 radical (unpaired) electrons. The van der Waals surface area contributed by atoms with Gasteiger partial charge in [0.2, 0.25) is 0 Å². The van der Waals surface area contributed by atoms with Crippen LogP contribution in [0, 0.1) is 0 Å². The molecule has 0 saturated heterocycles. The van der Waals surface area contributed by atoms with Crippen molar-refractivity contribution in [3.63, 3.8) is 0 Å². The Morgan fingerprint density at radius 2 is 2.06 bits per heavy atom. The van der Waals surface area contributed by atoms with Crippen molar-refractivity contribution in [2.45, 2.75) is 37.4 Å². The van der Waals surface area contributed by atoms with E-state index in [1.807, 2.05) is 6.92 Å². The van der Waals surface area contributed by atoms with Gasteiger partial charge in [-0.25, -0.2) is 8.78 Å². The summed E-state index contributed by atoms with van der Waals surface area (Å²) in [7, 11) is 0. The number of thioether (sulfide) groups is 1. The van der Waals surface area contributed by atoms with Crippen molar-refractivity contribution in [1.29, 1.82) is 0 Å². The molecule has 2 nitrogen and oxygen atoms in total. The summed E-state index contributed by atoms with van der Waals surface area (Å²) in [5.41, 5.74) is 0. The minimum atomic E-state index is -4.17. The maximum Gasteiger partial charge on any atom is 0.330 e. The Morgan fingerprint density at radius 1 is 1.44 bits per heavy atom. The molecule has 1 unspecified atom stereocenters. The summed E-state index contributed by atoms with van der Waals surface area (Å²) >= 11 is 6.44. The van der Waals surface area contributed by atoms with Crippen LogP contribution in [-0.4, -0.2) is 41.8 Å². The van der Waals surface area contributed by atoms with Crippen LogP contribution in [0.25, 0.3) is 0 Å². The predicted octanol–water partition coefficient (Wildman–Crippen LogP) is 3.57. The fraction of sp³-hybridized carbons (Fsp3) is 0.900. The molecule has 0 aliphatic rings. The molecule has 0 bridgehead atoms. The fourth-order valence-electron chi connectivity index (χ4n) is 0.948. The summed E-state index contributed by atoms with van der Waals surface area (Å²) in [5.74, 6) is -4.14. The molecule has 1 atom stereocenters. The summed E-state index contributed by atoms with van der Waals surface area (Å²) in [6, 6.07) is 0. The third-order valence-corrected chi connectivity index (χ3v) is 3.50. The van der Waals surface area contributed by atoms with Crippen molar-refractivity contribution in [2.24, 2.45) is 0 Å². The highest BCUT2D eigenvalue weighted by Gasteiger charge is 2.41. The molecule has 0 saturated carbocycles. The van der Waals surface area contributed by atoms with Gasteiger partial charge in [0, 0.05) is 17.6 Å². The van der Waals surface area contributed by atoms with E-state index in [1.54, 1.807) is 0 Å². The molecule has 8 heteroatoms. The van der Waals surface area contributed by atoms with E-state index in [-0.39, 0.29) is 17.6 Å². The Kier molecular flexibility index (Phi) is 8.98. The molecule has 0 aromatic carbocycles. The molecule has 0 N–H and O–H groups in total. The van der Waals surface area contributed by atoms with Crippen molar-refractivity contribution >= 4 is 28.5 Å². The average Bonchev–Trinajstić information content (AvgIpc) is 2.27. The number of alkyl halides is 5. The smallest absolute Gasteiger partial charge is 0.330 e. The lowest BCUT2D eigenvalue weighted by molar-refractivity contribution is -0.165. The van der Waals surface area contributed by atoms with Gasteiger partial charge in [0.15, 0.2) is 5.12 Å². The van der Waals surface area contributed by atoms with Gasteiger partial charge >= 0.3 is 12.3 Å². The Balaban J connectivity index is 3.98. The number of halogens is 5. The molecular weight excluding hydrogens is 296 g/mol. The standard InChI is InChI=1S/C10H15ClF4O2S/c1-2-3-8(16)18-7(4-11)5-17-6-10(14,15)9(12)13/h7,9H,2-6H2,1H3. The molecule has 0 spiro atoms. The predicted molar refractivity (Wildman–Crippen MR) is 63.8 cm³/mol. The molecule has 0 amide bonds. The van der Waals surface area contributed by atoms with Crippen LogP contribution in [0.2, 0.25) is 0 Å². The second-order valence-electron chi connectivity index (χ2n) is 3.59. The largest absolute Gasteiger partial charge is 0.374 e. The molecule has 0 rings (SSSR count). The summed E-state index contributed by atoms with van der Waals surface area (Å²) in [5, 5.41) is -0.619. The maximum absolute atomic E-state index is 12.5. The van der Waals surface area contributed by atoms with Gasteiger partial charge in [-0.1, -0.05) is 18.7 Å². The Hall–Kier alpha value is -0.0100. The minimum absolute atomic E-state index is 0.0281. The Morgan fingerprint density at radius 3 is 2.50 bits per heavy atom. The SMILES string of the molecule is CCCC(=O)SC(CCl)COCC(F)(F)C(F)F. The van der Waals surface area contributed by atoms with Gasteiger partial charge in [0.25, 0.3) is 0 Å². The van der Waals surface area contributed by atoms with E-state index in [1.165, 1.54) is 0 Å². The van der Waals surface area contributed by atoms with Crippen molar-refractivity contribution < 1.29 is 27.1 Å². The van der Waals surface area contributed by atoms with E-state index in [4.69, 9.17) is 11.6 Å². The number of hydrogen-bond acceptors (Lipinski definition) is 3. The highest BCUT2D eigenvalue weighted by molar-refractivity contribution is 8.14. The third kappa shape index (κ3) is 7.43. The molecule has 0 aliphatic carbocycles. The zero-order chi connectivity index (χ0) is 14.2. The van der Waals surface area contributed by atoms with Gasteiger partial charge in [-0.05, 0) is 6.42 Å². The molecule has 0 aromatic rings. The first-order valence-electron chi connectivity index (χ1n) is 5.32. The highest BCUT2D eigenvalue weighted by atomic mass is 35.5. The van der Waals surface area contributed by atoms with Crippen LogP contribution in [0.4, 0.5) is 17.6 Å². The second-order valence-corrected chi connectivity index (χ2v) is 5.26. The molecule has 0 aliphatic heterocycles. The molecule has 18 heavy (non-hydrogen) atoms. The van der Waals surface area contributed by atoms with E-state index in [0.717, 1.165) is 11.8 Å². The van der Waals surface area contributed by atoms with Crippen LogP contribution >= 0.6 is 23.4 Å². The van der Waals surface area contributed by atoms with Crippen LogP contribution in [0.3, 0.4) is 0 Å². The lowest BCUT2D eigenvalue weighted by atomic mass is 10.4. The number of carbonyl (C=O) groups excluding carboxylic acids is 1. The molecular formula is C10H15ClF4O2S. The lowest BCUT2D eigenvalue weighted by Crippen LogP contribution is -2.33. The van der Waals surface area contributed by atoms with Gasteiger partial charge < -0.3 is 4.74 Å². The van der Waals surface area contributed by atoms with E-state index in [0.29, 0.717) is 12.8 Å². The average molecular weight is 311 g/mol. The number of ether oxygens (including phenoxy) is 1. The number of rotatable bonds is 9. The topological polar surface area (TPSA) is 26.3 Å². The minimum Gasteiger partial charge on any atom is -0.374 e. The zero-order valence-electron chi connectivity index (χ0n) is 9.80. The first-order chi connectivity index (χ1) is 8.33. The van der Waals surface area contributed by atoms with Gasteiger partial charge in [-0.3, -0.25) is 4.79 Å². The van der Waals surface area contributed by atoms with Crippen molar-refractivity contribution in [3.05, 3.63) is 0 Å². The van der Waals surface area contributed by atoms with E-state index >= 15 is 0 Å². The summed E-state index contributed by atoms with van der Waals surface area (Å²) in [6.45, 7) is 0.195. The second kappa shape index (κ2) is 8.98. The van der Waals surface area contributed by atoms with E-state index in [2.05, 4.69) is 4.74 Å². The van der Waals surface area contributed by atoms with E-state index < -0.39 is 24.2 Å². The van der Waals surface area contributed by atoms with Gasteiger partial charge in [0.05, 0.1) is 6.61 Å². The van der Waals surface area contributed by atoms with Crippen molar-refractivity contribution in [1.82, 2.24) is 0 Å². The Bertz CT molecular complexity index is 254. The highest BCUT2D eigenvalue weighted by Crippen LogP contribution is 2.24. The van der Waals surface area contributed by atoms with Gasteiger partial charge in [0.1, 0.15) is 6.61 Å². The summed E-state index contributed by atoms with van der Waals surface area (Å²) in [4.78, 5) is 11.3. The fourth-order valence-corrected chi connectivity index (χ4v) is 2.15. The maximum atomic E-state index is 12.5. The van der Waals surface area contributed by atoms with Crippen molar-refractivity contribution in [2.75, 3.05) is 19.1 Å². The number of carbonyl (C=O) groups is 1. The first kappa shape index (κ1) is 18.0. The Labute approximate surface area is 112 Å². The molecule has 0 aromatic heterocycles. The van der Waals surface area contributed by atoms with Gasteiger partial charge in [-0.2, -0.15) is 8.78 Å². The third-order valence-electron chi connectivity index (χ3n) is 1.84. The zero-order valence-corrected chi connectivity index (χ0v) is 11.4. The number of hydrogen-bond donors (Lipinski definition) is 0. The summed E-state index contributed by atoms with van der Waals surface area (Å²) < 4.78 is 53.1. The quantitative estimate of drug-likeness (QED) is 0.481. The summed E-state index contributed by atoms with van der Waals surface area (Å²) in [6.07, 6.45) is -2.74. The molecule has 108 valence electrons. The normalized spacial score (nSPS) is 13.9. The van der Waals surface area contributed by atoms with Crippen LogP contribution < -0.4 is 0 Å². The monoisotopic (exact) mass is 310 g/mol. The van der Waals surface area contributed by atoms with Crippen LogP contribution in [-0.2, 0) is 9.53 Å². The van der Waals surface area contributed by atoms with Crippen molar-refractivity contribution in [3.8, 4) is 0 Å². The lowest BCUT2D eigenvalue weighted by Gasteiger charge is -2.17. The van der Waals surface area contributed by atoms with Crippen LogP contribution in [0.15, 0.2) is 0 Å². The van der Waals surface area contributed by atoms with Crippen LogP contribution in [0.1, 0.15) is 19.8 Å². The molecule has 0 heterocycles. The van der Waals surface area contributed by atoms with Crippen LogP contribution in [0.5, 0.6) is 0 Å².